The third-order valence-corrected chi connectivity index (χ3v) is 3.24. The Labute approximate surface area is 111 Å². The fraction of sp³-hybridized carbons (Fsp3) is 0.562. The summed E-state index contributed by atoms with van der Waals surface area (Å²) < 4.78 is 0. The molecule has 0 atom stereocenters. The Morgan fingerprint density at radius 3 is 2.50 bits per heavy atom. The first kappa shape index (κ1) is 14.7. The summed E-state index contributed by atoms with van der Waals surface area (Å²) >= 11 is 0. The summed E-state index contributed by atoms with van der Waals surface area (Å²) in [5, 5.41) is 0. The van der Waals surface area contributed by atoms with Crippen molar-refractivity contribution in [2.75, 3.05) is 6.54 Å². The van der Waals surface area contributed by atoms with Crippen molar-refractivity contribution in [1.29, 1.82) is 0 Å². The highest BCUT2D eigenvalue weighted by Gasteiger charge is 2.28. The van der Waals surface area contributed by atoms with Crippen molar-refractivity contribution < 1.29 is 4.79 Å². The van der Waals surface area contributed by atoms with Crippen LogP contribution >= 0.6 is 0 Å². The maximum Gasteiger partial charge on any atom is 0.254 e. The molecule has 0 radical (unpaired) electrons. The van der Waals surface area contributed by atoms with Gasteiger partial charge in [-0.15, -0.1) is 0 Å². The van der Waals surface area contributed by atoms with E-state index in [-0.39, 0.29) is 11.9 Å². The lowest BCUT2D eigenvalue weighted by molar-refractivity contribution is -0.126. The molecule has 1 aliphatic rings. The SMILES string of the molecule is C=CC1=C(/C=C\CCC(C)C)CN(C(C)C)C1=O. The van der Waals surface area contributed by atoms with Crippen LogP contribution in [0.25, 0.3) is 0 Å². The summed E-state index contributed by atoms with van der Waals surface area (Å²) in [5.41, 5.74) is 1.87. The number of amides is 1. The zero-order valence-electron chi connectivity index (χ0n) is 12.1. The van der Waals surface area contributed by atoms with Crippen LogP contribution in [0.2, 0.25) is 0 Å². The predicted octanol–water partition coefficient (Wildman–Crippen LogP) is 3.71. The Kier molecular flexibility index (Phi) is 5.39. The van der Waals surface area contributed by atoms with E-state index in [1.807, 2.05) is 18.7 Å². The van der Waals surface area contributed by atoms with Crippen LogP contribution < -0.4 is 0 Å². The Morgan fingerprint density at radius 1 is 1.33 bits per heavy atom. The van der Waals surface area contributed by atoms with E-state index in [1.54, 1.807) is 6.08 Å². The number of hydrogen-bond acceptors (Lipinski definition) is 1. The van der Waals surface area contributed by atoms with Crippen molar-refractivity contribution in [3.8, 4) is 0 Å². The predicted molar refractivity (Wildman–Crippen MR) is 77.3 cm³/mol. The normalized spacial score (nSPS) is 16.8. The van der Waals surface area contributed by atoms with Gasteiger partial charge in [-0.2, -0.15) is 0 Å². The van der Waals surface area contributed by atoms with Crippen LogP contribution in [0.1, 0.15) is 40.5 Å². The molecule has 18 heavy (non-hydrogen) atoms. The van der Waals surface area contributed by atoms with Crippen LogP contribution in [-0.4, -0.2) is 23.4 Å². The first-order valence-electron chi connectivity index (χ1n) is 6.80. The van der Waals surface area contributed by atoms with Crippen LogP contribution in [0.15, 0.2) is 36.0 Å². The fourth-order valence-electron chi connectivity index (χ4n) is 2.07. The van der Waals surface area contributed by atoms with Crippen molar-refractivity contribution >= 4 is 5.91 Å². The molecule has 0 aromatic carbocycles. The van der Waals surface area contributed by atoms with Gasteiger partial charge in [0.05, 0.1) is 0 Å². The Bertz CT molecular complexity index is 375. The highest BCUT2D eigenvalue weighted by atomic mass is 16.2. The van der Waals surface area contributed by atoms with Crippen LogP contribution in [0.4, 0.5) is 0 Å². The van der Waals surface area contributed by atoms with Gasteiger partial charge in [0.25, 0.3) is 5.91 Å². The van der Waals surface area contributed by atoms with E-state index in [1.165, 1.54) is 6.42 Å². The molecule has 0 N–H and O–H groups in total. The standard InChI is InChI=1S/C16H25NO/c1-6-15-14(10-8-7-9-12(2)3)11-17(13(4)5)16(15)18/h6,8,10,12-13H,1,7,9,11H2,2-5H3/b10-8-. The zero-order valence-corrected chi connectivity index (χ0v) is 12.1. The van der Waals surface area contributed by atoms with Crippen molar-refractivity contribution in [2.45, 2.75) is 46.6 Å². The molecule has 1 amide bonds. The maximum absolute atomic E-state index is 12.1. The smallest absolute Gasteiger partial charge is 0.254 e. The van der Waals surface area contributed by atoms with Crippen molar-refractivity contribution in [1.82, 2.24) is 4.90 Å². The quantitative estimate of drug-likeness (QED) is 0.700. The minimum atomic E-state index is 0.114. The first-order chi connectivity index (χ1) is 8.47. The van der Waals surface area contributed by atoms with Gasteiger partial charge in [-0.3, -0.25) is 4.79 Å². The molecule has 0 fully saturated rings. The fourth-order valence-corrected chi connectivity index (χ4v) is 2.07. The number of carbonyl (C=O) groups excluding carboxylic acids is 1. The van der Waals surface area contributed by atoms with E-state index >= 15 is 0 Å². The topological polar surface area (TPSA) is 20.3 Å². The molecule has 2 heteroatoms. The van der Waals surface area contributed by atoms with Gasteiger partial charge in [-0.05, 0) is 38.2 Å². The van der Waals surface area contributed by atoms with E-state index in [9.17, 15) is 4.79 Å². The van der Waals surface area contributed by atoms with E-state index in [0.717, 1.165) is 30.0 Å². The number of carbonyl (C=O) groups is 1. The molecule has 2 nitrogen and oxygen atoms in total. The van der Waals surface area contributed by atoms with Crippen LogP contribution in [0.5, 0.6) is 0 Å². The average Bonchev–Trinajstić information content (AvgIpc) is 2.61. The second kappa shape index (κ2) is 6.58. The highest BCUT2D eigenvalue weighted by molar-refractivity contribution is 6.00. The van der Waals surface area contributed by atoms with Gasteiger partial charge in [0.15, 0.2) is 0 Å². The lowest BCUT2D eigenvalue weighted by atomic mass is 10.1. The van der Waals surface area contributed by atoms with E-state index in [0.29, 0.717) is 0 Å². The van der Waals surface area contributed by atoms with Crippen molar-refractivity contribution in [3.05, 3.63) is 36.0 Å². The van der Waals surface area contributed by atoms with Crippen LogP contribution in [-0.2, 0) is 4.79 Å². The molecule has 0 bridgehead atoms. The molecule has 1 aliphatic heterocycles. The molecule has 0 aromatic heterocycles. The monoisotopic (exact) mass is 247 g/mol. The third-order valence-electron chi connectivity index (χ3n) is 3.24. The Morgan fingerprint density at radius 2 is 2.00 bits per heavy atom. The van der Waals surface area contributed by atoms with Gasteiger partial charge in [0.2, 0.25) is 0 Å². The lowest BCUT2D eigenvalue weighted by Crippen LogP contribution is -2.33. The number of allylic oxidation sites excluding steroid dienone is 1. The molecule has 0 aliphatic carbocycles. The van der Waals surface area contributed by atoms with Gasteiger partial charge in [-0.25, -0.2) is 0 Å². The summed E-state index contributed by atoms with van der Waals surface area (Å²) in [6.07, 6.45) is 8.22. The Balaban J connectivity index is 2.71. The van der Waals surface area contributed by atoms with Gasteiger partial charge >= 0.3 is 0 Å². The third kappa shape index (κ3) is 3.59. The maximum atomic E-state index is 12.1. The number of hydrogen-bond donors (Lipinski definition) is 0. The van der Waals surface area contributed by atoms with E-state index < -0.39 is 0 Å². The van der Waals surface area contributed by atoms with Gasteiger partial charge in [-0.1, -0.05) is 38.7 Å². The van der Waals surface area contributed by atoms with E-state index in [2.05, 4.69) is 32.6 Å². The highest BCUT2D eigenvalue weighted by Crippen LogP contribution is 2.23. The second-order valence-corrected chi connectivity index (χ2v) is 5.54. The summed E-state index contributed by atoms with van der Waals surface area (Å²) in [5.74, 6) is 0.836. The molecule has 0 unspecified atom stereocenters. The molecule has 0 saturated heterocycles. The molecular formula is C16H25NO. The molecule has 1 rings (SSSR count). The summed E-state index contributed by atoms with van der Waals surface area (Å²) in [6, 6.07) is 0.244. The molecular weight excluding hydrogens is 222 g/mol. The average molecular weight is 247 g/mol. The molecule has 0 saturated carbocycles. The largest absolute Gasteiger partial charge is 0.332 e. The minimum absolute atomic E-state index is 0.114. The number of nitrogens with zero attached hydrogens (tertiary/aromatic N) is 1. The van der Waals surface area contributed by atoms with Gasteiger partial charge in [0, 0.05) is 18.2 Å². The molecule has 100 valence electrons. The van der Waals surface area contributed by atoms with E-state index in [4.69, 9.17) is 0 Å². The summed E-state index contributed by atoms with van der Waals surface area (Å²) in [7, 11) is 0. The van der Waals surface area contributed by atoms with Gasteiger partial charge < -0.3 is 4.90 Å². The minimum Gasteiger partial charge on any atom is -0.332 e. The summed E-state index contributed by atoms with van der Waals surface area (Å²) in [4.78, 5) is 14.0. The Hall–Kier alpha value is -1.31. The zero-order chi connectivity index (χ0) is 13.7. The lowest BCUT2D eigenvalue weighted by Gasteiger charge is -2.20. The van der Waals surface area contributed by atoms with Crippen molar-refractivity contribution in [3.63, 3.8) is 0 Å². The second-order valence-electron chi connectivity index (χ2n) is 5.54. The van der Waals surface area contributed by atoms with Gasteiger partial charge in [0.1, 0.15) is 0 Å². The molecule has 0 spiro atoms. The first-order valence-corrected chi connectivity index (χ1v) is 6.80. The molecule has 0 aromatic rings. The molecule has 1 heterocycles. The number of rotatable bonds is 6. The van der Waals surface area contributed by atoms with Crippen LogP contribution in [0, 0.1) is 5.92 Å². The summed E-state index contributed by atoms with van der Waals surface area (Å²) in [6.45, 7) is 13.0. The van der Waals surface area contributed by atoms with Crippen molar-refractivity contribution in [2.24, 2.45) is 5.92 Å². The van der Waals surface area contributed by atoms with Crippen LogP contribution in [0.3, 0.4) is 0 Å².